The van der Waals surface area contributed by atoms with Crippen molar-refractivity contribution in [2.75, 3.05) is 18.5 Å². The fourth-order valence-corrected chi connectivity index (χ4v) is 1.64. The topological polar surface area (TPSA) is 57.9 Å². The van der Waals surface area contributed by atoms with E-state index in [2.05, 4.69) is 17.2 Å². The van der Waals surface area contributed by atoms with Crippen LogP contribution in [0.15, 0.2) is 18.2 Å². The lowest BCUT2D eigenvalue weighted by molar-refractivity contribution is 0.185. The first kappa shape index (κ1) is 9.94. The molecule has 1 saturated heterocycles. The van der Waals surface area contributed by atoms with Crippen LogP contribution in [0.25, 0.3) is 0 Å². The molecule has 4 heteroatoms. The van der Waals surface area contributed by atoms with Gasteiger partial charge in [0, 0.05) is 6.61 Å². The Kier molecular flexibility index (Phi) is 2.57. The number of nitrogens with one attached hydrogen (secondary N) is 1. The van der Waals surface area contributed by atoms with Gasteiger partial charge >= 0.3 is 0 Å². The predicted molar refractivity (Wildman–Crippen MR) is 56.4 cm³/mol. The number of anilines is 1. The third kappa shape index (κ3) is 2.25. The number of aromatic nitrogens is 1. The SMILES string of the molecule is CC1(Nc2cccc(C#N)n2)CCOC1. The summed E-state index contributed by atoms with van der Waals surface area (Å²) in [5.41, 5.74) is 0.378. The lowest BCUT2D eigenvalue weighted by atomic mass is 10.0. The van der Waals surface area contributed by atoms with Gasteiger partial charge in [-0.3, -0.25) is 0 Å². The van der Waals surface area contributed by atoms with E-state index in [1.807, 2.05) is 18.2 Å². The largest absolute Gasteiger partial charge is 0.379 e. The first-order valence-corrected chi connectivity index (χ1v) is 4.95. The maximum atomic E-state index is 8.72. The van der Waals surface area contributed by atoms with Gasteiger partial charge in [0.25, 0.3) is 0 Å². The molecule has 1 aromatic heterocycles. The maximum absolute atomic E-state index is 8.72. The van der Waals surface area contributed by atoms with Crippen LogP contribution in [0.3, 0.4) is 0 Å². The number of hydrogen-bond acceptors (Lipinski definition) is 4. The zero-order valence-corrected chi connectivity index (χ0v) is 8.66. The Morgan fingerprint density at radius 3 is 3.13 bits per heavy atom. The molecule has 15 heavy (non-hydrogen) atoms. The van der Waals surface area contributed by atoms with E-state index < -0.39 is 0 Å². The summed E-state index contributed by atoms with van der Waals surface area (Å²) in [5, 5.41) is 12.0. The highest BCUT2D eigenvalue weighted by atomic mass is 16.5. The highest BCUT2D eigenvalue weighted by Gasteiger charge is 2.29. The molecule has 0 aliphatic carbocycles. The number of nitriles is 1. The Bertz CT molecular complexity index is 391. The molecule has 0 bridgehead atoms. The maximum Gasteiger partial charge on any atom is 0.142 e. The van der Waals surface area contributed by atoms with E-state index in [1.165, 1.54) is 0 Å². The van der Waals surface area contributed by atoms with Gasteiger partial charge < -0.3 is 10.1 Å². The van der Waals surface area contributed by atoms with Gasteiger partial charge in [-0.15, -0.1) is 0 Å². The quantitative estimate of drug-likeness (QED) is 0.792. The molecule has 2 rings (SSSR count). The molecule has 0 radical (unpaired) electrons. The summed E-state index contributed by atoms with van der Waals surface area (Å²) in [4.78, 5) is 4.17. The van der Waals surface area contributed by atoms with E-state index in [0.717, 1.165) is 18.8 Å². The smallest absolute Gasteiger partial charge is 0.142 e. The van der Waals surface area contributed by atoms with Crippen molar-refractivity contribution in [1.29, 1.82) is 5.26 Å². The first-order valence-electron chi connectivity index (χ1n) is 4.95. The van der Waals surface area contributed by atoms with Crippen molar-refractivity contribution in [3.05, 3.63) is 23.9 Å². The molecule has 1 unspecified atom stereocenters. The van der Waals surface area contributed by atoms with E-state index >= 15 is 0 Å². The van der Waals surface area contributed by atoms with Gasteiger partial charge in [-0.1, -0.05) is 6.07 Å². The zero-order valence-electron chi connectivity index (χ0n) is 8.66. The van der Waals surface area contributed by atoms with Gasteiger partial charge in [-0.25, -0.2) is 4.98 Å². The highest BCUT2D eigenvalue weighted by Crippen LogP contribution is 2.22. The molecule has 1 atom stereocenters. The Balaban J connectivity index is 2.13. The van der Waals surface area contributed by atoms with Crippen LogP contribution in [0, 0.1) is 11.3 Å². The number of hydrogen-bond donors (Lipinski definition) is 1. The van der Waals surface area contributed by atoms with Crippen LogP contribution in [0.1, 0.15) is 19.0 Å². The van der Waals surface area contributed by atoms with Crippen LogP contribution in [0.5, 0.6) is 0 Å². The van der Waals surface area contributed by atoms with Crippen molar-refractivity contribution < 1.29 is 4.74 Å². The van der Waals surface area contributed by atoms with Gasteiger partial charge in [-0.05, 0) is 25.5 Å². The van der Waals surface area contributed by atoms with Gasteiger partial charge in [-0.2, -0.15) is 5.26 Å². The Morgan fingerprint density at radius 2 is 2.47 bits per heavy atom. The Labute approximate surface area is 88.9 Å². The van der Waals surface area contributed by atoms with Gasteiger partial charge in [0.15, 0.2) is 0 Å². The molecule has 78 valence electrons. The zero-order chi connectivity index (χ0) is 10.7. The number of pyridine rings is 1. The fourth-order valence-electron chi connectivity index (χ4n) is 1.64. The summed E-state index contributed by atoms with van der Waals surface area (Å²) in [6.45, 7) is 3.56. The van der Waals surface area contributed by atoms with Crippen LogP contribution in [-0.4, -0.2) is 23.7 Å². The molecule has 1 fully saturated rings. The lowest BCUT2D eigenvalue weighted by Crippen LogP contribution is -2.35. The third-order valence-corrected chi connectivity index (χ3v) is 2.51. The molecule has 4 nitrogen and oxygen atoms in total. The number of nitrogens with zero attached hydrogens (tertiary/aromatic N) is 2. The minimum atomic E-state index is -0.0545. The summed E-state index contributed by atoms with van der Waals surface area (Å²) in [6, 6.07) is 7.41. The van der Waals surface area contributed by atoms with Crippen molar-refractivity contribution in [2.45, 2.75) is 18.9 Å². The van der Waals surface area contributed by atoms with Crippen LogP contribution < -0.4 is 5.32 Å². The third-order valence-electron chi connectivity index (χ3n) is 2.51. The molecule has 1 aliphatic heterocycles. The second-order valence-corrected chi connectivity index (χ2v) is 4.01. The van der Waals surface area contributed by atoms with Crippen molar-refractivity contribution in [3.63, 3.8) is 0 Å². The van der Waals surface area contributed by atoms with Crippen LogP contribution >= 0.6 is 0 Å². The summed E-state index contributed by atoms with van der Waals surface area (Å²) >= 11 is 0. The standard InChI is InChI=1S/C11H13N3O/c1-11(5-6-15-8-11)14-10-4-2-3-9(7-12)13-10/h2-4H,5-6,8H2,1H3,(H,13,14). The summed E-state index contributed by atoms with van der Waals surface area (Å²) in [5.74, 6) is 0.738. The molecular formula is C11H13N3O. The van der Waals surface area contributed by atoms with Crippen LogP contribution in [0.4, 0.5) is 5.82 Å². The van der Waals surface area contributed by atoms with Crippen molar-refractivity contribution in [1.82, 2.24) is 4.98 Å². The number of rotatable bonds is 2. The normalized spacial score (nSPS) is 24.8. The van der Waals surface area contributed by atoms with Crippen LogP contribution in [-0.2, 0) is 4.74 Å². The van der Waals surface area contributed by atoms with Crippen molar-refractivity contribution >= 4 is 5.82 Å². The van der Waals surface area contributed by atoms with Crippen LogP contribution in [0.2, 0.25) is 0 Å². The Morgan fingerprint density at radius 1 is 1.60 bits per heavy atom. The minimum absolute atomic E-state index is 0.0545. The average molecular weight is 203 g/mol. The van der Waals surface area contributed by atoms with Gasteiger partial charge in [0.05, 0.1) is 12.1 Å². The average Bonchev–Trinajstić information content (AvgIpc) is 2.65. The first-order chi connectivity index (χ1) is 7.22. The van der Waals surface area contributed by atoms with E-state index in [0.29, 0.717) is 12.3 Å². The summed E-state index contributed by atoms with van der Waals surface area (Å²) in [7, 11) is 0. The molecule has 2 heterocycles. The number of ether oxygens (including phenoxy) is 1. The van der Waals surface area contributed by atoms with E-state index in [1.54, 1.807) is 6.07 Å². The van der Waals surface area contributed by atoms with E-state index in [9.17, 15) is 0 Å². The van der Waals surface area contributed by atoms with Gasteiger partial charge in [0.1, 0.15) is 17.6 Å². The molecule has 1 aromatic rings. The highest BCUT2D eigenvalue weighted by molar-refractivity contribution is 5.41. The summed E-state index contributed by atoms with van der Waals surface area (Å²) in [6.07, 6.45) is 0.964. The van der Waals surface area contributed by atoms with E-state index in [-0.39, 0.29) is 5.54 Å². The predicted octanol–water partition coefficient (Wildman–Crippen LogP) is 1.54. The minimum Gasteiger partial charge on any atom is -0.379 e. The van der Waals surface area contributed by atoms with Crippen molar-refractivity contribution in [3.8, 4) is 6.07 Å². The lowest BCUT2D eigenvalue weighted by Gasteiger charge is -2.24. The molecule has 0 amide bonds. The molecule has 0 saturated carbocycles. The Hall–Kier alpha value is -1.60. The van der Waals surface area contributed by atoms with Crippen molar-refractivity contribution in [2.24, 2.45) is 0 Å². The monoisotopic (exact) mass is 203 g/mol. The fraction of sp³-hybridized carbons (Fsp3) is 0.455. The molecule has 0 aromatic carbocycles. The molecule has 1 aliphatic rings. The second kappa shape index (κ2) is 3.87. The van der Waals surface area contributed by atoms with Gasteiger partial charge in [0.2, 0.25) is 0 Å². The van der Waals surface area contributed by atoms with E-state index in [4.69, 9.17) is 10.00 Å². The second-order valence-electron chi connectivity index (χ2n) is 4.01. The molecule has 0 spiro atoms. The summed E-state index contributed by atoms with van der Waals surface area (Å²) < 4.78 is 5.33. The molecular weight excluding hydrogens is 190 g/mol. The molecule has 1 N–H and O–H groups in total.